The van der Waals surface area contributed by atoms with Crippen LogP contribution in [-0.4, -0.2) is 37.0 Å². The second-order valence-corrected chi connectivity index (χ2v) is 6.02. The van der Waals surface area contributed by atoms with E-state index in [9.17, 15) is 9.18 Å². The Morgan fingerprint density at radius 1 is 1.43 bits per heavy atom. The Labute approximate surface area is 125 Å². The summed E-state index contributed by atoms with van der Waals surface area (Å²) >= 11 is 0. The molecule has 0 spiro atoms. The van der Waals surface area contributed by atoms with Crippen molar-refractivity contribution in [2.45, 2.75) is 26.7 Å². The van der Waals surface area contributed by atoms with E-state index in [0.717, 1.165) is 19.6 Å². The quantitative estimate of drug-likeness (QED) is 0.818. The molecule has 1 fully saturated rings. The molecule has 1 aliphatic rings. The molecule has 21 heavy (non-hydrogen) atoms. The summed E-state index contributed by atoms with van der Waals surface area (Å²) in [6.07, 6.45) is 2.51. The van der Waals surface area contributed by atoms with Crippen LogP contribution in [0, 0.1) is 18.7 Å². The molecule has 116 valence electrons. The summed E-state index contributed by atoms with van der Waals surface area (Å²) in [5.74, 6) is -0.540. The minimum Gasteiger partial charge on any atom is -0.399 e. The lowest BCUT2D eigenvalue weighted by atomic mass is 10.1. The Kier molecular flexibility index (Phi) is 5.17. The molecular formula is C16H24FN3O. The first-order valence-electron chi connectivity index (χ1n) is 7.53. The van der Waals surface area contributed by atoms with Crippen LogP contribution in [0.15, 0.2) is 12.1 Å². The van der Waals surface area contributed by atoms with E-state index in [0.29, 0.717) is 23.7 Å². The fourth-order valence-electron chi connectivity index (χ4n) is 2.80. The van der Waals surface area contributed by atoms with Crippen LogP contribution in [0.1, 0.15) is 35.7 Å². The van der Waals surface area contributed by atoms with Crippen molar-refractivity contribution < 1.29 is 9.18 Å². The first kappa shape index (κ1) is 15.8. The highest BCUT2D eigenvalue weighted by molar-refractivity contribution is 5.95. The molecule has 2 rings (SSSR count). The van der Waals surface area contributed by atoms with Gasteiger partial charge in [0.1, 0.15) is 5.82 Å². The average molecular weight is 293 g/mol. The summed E-state index contributed by atoms with van der Waals surface area (Å²) in [6, 6.07) is 2.92. The third-order valence-corrected chi connectivity index (χ3v) is 3.90. The standard InChI is InChI=1S/C16H24FN3O/c1-11(10-20-5-3-4-6-20)9-19-16(21)14-8-13(18)7-12(2)15(14)17/h7-8,11H,3-6,9-10,18H2,1-2H3,(H,19,21). The molecule has 1 unspecified atom stereocenters. The van der Waals surface area contributed by atoms with Gasteiger partial charge in [-0.25, -0.2) is 4.39 Å². The highest BCUT2D eigenvalue weighted by Crippen LogP contribution is 2.17. The maximum absolute atomic E-state index is 14.0. The van der Waals surface area contributed by atoms with Crippen molar-refractivity contribution in [1.82, 2.24) is 10.2 Å². The number of carbonyl (C=O) groups excluding carboxylic acids is 1. The van der Waals surface area contributed by atoms with Crippen molar-refractivity contribution in [3.05, 3.63) is 29.1 Å². The Morgan fingerprint density at radius 3 is 2.76 bits per heavy atom. The Morgan fingerprint density at radius 2 is 2.10 bits per heavy atom. The van der Waals surface area contributed by atoms with Crippen molar-refractivity contribution in [2.24, 2.45) is 5.92 Å². The average Bonchev–Trinajstić information content (AvgIpc) is 2.93. The fraction of sp³-hybridized carbons (Fsp3) is 0.562. The summed E-state index contributed by atoms with van der Waals surface area (Å²) in [6.45, 7) is 7.50. The summed E-state index contributed by atoms with van der Waals surface area (Å²) in [5.41, 5.74) is 6.51. The van der Waals surface area contributed by atoms with Gasteiger partial charge in [-0.15, -0.1) is 0 Å². The lowest BCUT2D eigenvalue weighted by Gasteiger charge is -2.20. The number of halogens is 1. The van der Waals surface area contributed by atoms with Crippen molar-refractivity contribution in [1.29, 1.82) is 0 Å². The van der Waals surface area contributed by atoms with Crippen LogP contribution in [0.5, 0.6) is 0 Å². The van der Waals surface area contributed by atoms with Crippen molar-refractivity contribution in [3.63, 3.8) is 0 Å². The van der Waals surface area contributed by atoms with Crippen LogP contribution < -0.4 is 11.1 Å². The minimum atomic E-state index is -0.492. The van der Waals surface area contributed by atoms with E-state index in [-0.39, 0.29) is 5.56 Å². The van der Waals surface area contributed by atoms with Crippen LogP contribution in [0.2, 0.25) is 0 Å². The SMILES string of the molecule is Cc1cc(N)cc(C(=O)NCC(C)CN2CCCC2)c1F. The zero-order valence-corrected chi connectivity index (χ0v) is 12.8. The normalized spacial score (nSPS) is 16.9. The van der Waals surface area contributed by atoms with Gasteiger partial charge >= 0.3 is 0 Å². The van der Waals surface area contributed by atoms with Crippen molar-refractivity contribution >= 4 is 11.6 Å². The largest absolute Gasteiger partial charge is 0.399 e. The molecule has 0 radical (unpaired) electrons. The van der Waals surface area contributed by atoms with E-state index in [2.05, 4.69) is 17.1 Å². The molecule has 1 aromatic carbocycles. The first-order chi connectivity index (χ1) is 9.97. The number of rotatable bonds is 5. The molecule has 1 aromatic rings. The van der Waals surface area contributed by atoms with E-state index in [1.807, 2.05) is 0 Å². The molecule has 1 atom stereocenters. The van der Waals surface area contributed by atoms with Gasteiger partial charge in [0, 0.05) is 18.8 Å². The predicted octanol–water partition coefficient (Wildman–Crippen LogP) is 2.18. The third kappa shape index (κ3) is 4.17. The van der Waals surface area contributed by atoms with Crippen molar-refractivity contribution in [3.8, 4) is 0 Å². The number of hydrogen-bond acceptors (Lipinski definition) is 3. The Hall–Kier alpha value is -1.62. The van der Waals surface area contributed by atoms with E-state index in [4.69, 9.17) is 5.73 Å². The number of nitrogen functional groups attached to an aromatic ring is 1. The molecule has 4 nitrogen and oxygen atoms in total. The molecule has 1 aliphatic heterocycles. The number of carbonyl (C=O) groups is 1. The first-order valence-corrected chi connectivity index (χ1v) is 7.53. The van der Waals surface area contributed by atoms with Crippen LogP contribution in [0.25, 0.3) is 0 Å². The van der Waals surface area contributed by atoms with Gasteiger partial charge in [-0.05, 0) is 56.5 Å². The number of amides is 1. The second-order valence-electron chi connectivity index (χ2n) is 6.02. The number of nitrogens with one attached hydrogen (secondary N) is 1. The molecule has 5 heteroatoms. The van der Waals surface area contributed by atoms with Gasteiger partial charge < -0.3 is 16.0 Å². The Bertz CT molecular complexity index is 512. The minimum absolute atomic E-state index is 0.0286. The number of aryl methyl sites for hydroxylation is 1. The van der Waals surface area contributed by atoms with Crippen LogP contribution in [0.3, 0.4) is 0 Å². The molecular weight excluding hydrogens is 269 g/mol. The van der Waals surface area contributed by atoms with Gasteiger partial charge in [-0.3, -0.25) is 4.79 Å². The van der Waals surface area contributed by atoms with Gasteiger partial charge in [0.2, 0.25) is 0 Å². The highest BCUT2D eigenvalue weighted by Gasteiger charge is 2.17. The maximum Gasteiger partial charge on any atom is 0.254 e. The number of likely N-dealkylation sites (tertiary alicyclic amines) is 1. The van der Waals surface area contributed by atoms with Crippen LogP contribution in [0.4, 0.5) is 10.1 Å². The smallest absolute Gasteiger partial charge is 0.254 e. The molecule has 0 aliphatic carbocycles. The van der Waals surface area contributed by atoms with Gasteiger partial charge in [-0.2, -0.15) is 0 Å². The molecule has 0 bridgehead atoms. The van der Waals surface area contributed by atoms with E-state index >= 15 is 0 Å². The van der Waals surface area contributed by atoms with Gasteiger partial charge in [0.15, 0.2) is 0 Å². The van der Waals surface area contributed by atoms with Gasteiger partial charge in [0.05, 0.1) is 5.56 Å². The summed E-state index contributed by atoms with van der Waals surface area (Å²) in [5, 5.41) is 2.81. The molecule has 0 aromatic heterocycles. The molecule has 1 heterocycles. The number of anilines is 1. The lowest BCUT2D eigenvalue weighted by Crippen LogP contribution is -2.34. The second kappa shape index (κ2) is 6.89. The van der Waals surface area contributed by atoms with E-state index < -0.39 is 11.7 Å². The van der Waals surface area contributed by atoms with Crippen molar-refractivity contribution in [2.75, 3.05) is 31.9 Å². The number of hydrogen-bond donors (Lipinski definition) is 2. The number of benzene rings is 1. The number of nitrogens with two attached hydrogens (primary N) is 1. The lowest BCUT2D eigenvalue weighted by molar-refractivity contribution is 0.0941. The van der Waals surface area contributed by atoms with Gasteiger partial charge in [-0.1, -0.05) is 6.92 Å². The molecule has 0 saturated carbocycles. The molecule has 3 N–H and O–H groups in total. The zero-order valence-electron chi connectivity index (χ0n) is 12.8. The summed E-state index contributed by atoms with van der Waals surface area (Å²) < 4.78 is 14.0. The topological polar surface area (TPSA) is 58.4 Å². The van der Waals surface area contributed by atoms with E-state index in [1.165, 1.54) is 25.0 Å². The summed E-state index contributed by atoms with van der Waals surface area (Å²) in [4.78, 5) is 14.5. The number of nitrogens with zero attached hydrogens (tertiary/aromatic N) is 1. The third-order valence-electron chi connectivity index (χ3n) is 3.90. The Balaban J connectivity index is 1.89. The monoisotopic (exact) mass is 293 g/mol. The summed E-state index contributed by atoms with van der Waals surface area (Å²) in [7, 11) is 0. The maximum atomic E-state index is 14.0. The fourth-order valence-corrected chi connectivity index (χ4v) is 2.80. The molecule has 1 amide bonds. The zero-order chi connectivity index (χ0) is 15.4. The highest BCUT2D eigenvalue weighted by atomic mass is 19.1. The van der Waals surface area contributed by atoms with Crippen LogP contribution >= 0.6 is 0 Å². The van der Waals surface area contributed by atoms with E-state index in [1.54, 1.807) is 6.92 Å². The predicted molar refractivity (Wildman–Crippen MR) is 82.7 cm³/mol. The molecule has 1 saturated heterocycles. The van der Waals surface area contributed by atoms with Crippen LogP contribution in [-0.2, 0) is 0 Å². The van der Waals surface area contributed by atoms with Gasteiger partial charge in [0.25, 0.3) is 5.91 Å².